The van der Waals surface area contributed by atoms with E-state index in [0.29, 0.717) is 31.6 Å². The molecule has 1 N–H and O–H groups in total. The van der Waals surface area contributed by atoms with Crippen molar-refractivity contribution in [2.75, 3.05) is 26.2 Å². The van der Waals surface area contributed by atoms with Crippen LogP contribution in [0.2, 0.25) is 0 Å². The van der Waals surface area contributed by atoms with Crippen LogP contribution in [0.15, 0.2) is 12.4 Å². The summed E-state index contributed by atoms with van der Waals surface area (Å²) in [4.78, 5) is 25.8. The molecule has 0 atom stereocenters. The summed E-state index contributed by atoms with van der Waals surface area (Å²) in [6, 6.07) is 1.56. The van der Waals surface area contributed by atoms with Gasteiger partial charge in [0.15, 0.2) is 0 Å². The molecule has 2 heterocycles. The fourth-order valence-electron chi connectivity index (χ4n) is 1.93. The molecule has 2 rings (SSSR count). The van der Waals surface area contributed by atoms with Gasteiger partial charge in [0.1, 0.15) is 6.07 Å². The fourth-order valence-corrected chi connectivity index (χ4v) is 1.93. The highest BCUT2D eigenvalue weighted by atomic mass is 16.4. The van der Waals surface area contributed by atoms with E-state index in [0.717, 1.165) is 4.68 Å². The first-order valence-electron chi connectivity index (χ1n) is 5.83. The Morgan fingerprint density at radius 1 is 1.26 bits per heavy atom. The Kier molecular flexibility index (Phi) is 3.66. The summed E-state index contributed by atoms with van der Waals surface area (Å²) in [7, 11) is 0. The summed E-state index contributed by atoms with van der Waals surface area (Å²) in [5.74, 6) is 0. The van der Waals surface area contributed by atoms with Gasteiger partial charge in [0.2, 0.25) is 0 Å². The molecule has 1 aromatic rings. The van der Waals surface area contributed by atoms with Crippen LogP contribution in [0.4, 0.5) is 9.59 Å². The van der Waals surface area contributed by atoms with Gasteiger partial charge in [-0.05, 0) is 6.42 Å². The Balaban J connectivity index is 2.04. The Morgan fingerprint density at radius 3 is 2.58 bits per heavy atom. The number of carboxylic acid groups (broad SMARTS) is 1. The van der Waals surface area contributed by atoms with Crippen LogP contribution in [0.25, 0.3) is 0 Å². The molecule has 0 bridgehead atoms. The molecule has 0 aliphatic carbocycles. The lowest BCUT2D eigenvalue weighted by molar-refractivity contribution is 0.146. The van der Waals surface area contributed by atoms with Crippen molar-refractivity contribution in [2.45, 2.75) is 6.42 Å². The SMILES string of the molecule is N#Cc1cnn(C(=O)N2CCCN(C(=O)O)CC2)c1. The van der Waals surface area contributed by atoms with Gasteiger partial charge in [-0.1, -0.05) is 0 Å². The topological polar surface area (TPSA) is 102 Å². The Morgan fingerprint density at radius 2 is 1.95 bits per heavy atom. The van der Waals surface area contributed by atoms with Crippen LogP contribution < -0.4 is 0 Å². The minimum absolute atomic E-state index is 0.285. The number of nitriles is 1. The molecule has 19 heavy (non-hydrogen) atoms. The average molecular weight is 263 g/mol. The molecule has 1 aliphatic heterocycles. The van der Waals surface area contributed by atoms with Crippen LogP contribution in [-0.4, -0.2) is 63.0 Å². The van der Waals surface area contributed by atoms with Crippen molar-refractivity contribution in [3.05, 3.63) is 18.0 Å². The predicted molar refractivity (Wildman–Crippen MR) is 63.5 cm³/mol. The molecule has 0 spiro atoms. The third kappa shape index (κ3) is 2.82. The maximum atomic E-state index is 12.1. The van der Waals surface area contributed by atoms with Crippen molar-refractivity contribution in [2.24, 2.45) is 0 Å². The number of carbonyl (C=O) groups is 2. The normalized spacial score (nSPS) is 15.7. The first kappa shape index (κ1) is 12.9. The quantitative estimate of drug-likeness (QED) is 0.730. The highest BCUT2D eigenvalue weighted by Gasteiger charge is 2.22. The van der Waals surface area contributed by atoms with Crippen molar-refractivity contribution in [3.8, 4) is 6.07 Å². The average Bonchev–Trinajstić information content (AvgIpc) is 2.74. The van der Waals surface area contributed by atoms with Crippen LogP contribution >= 0.6 is 0 Å². The minimum atomic E-state index is -0.972. The third-order valence-corrected chi connectivity index (χ3v) is 2.94. The van der Waals surface area contributed by atoms with Gasteiger partial charge < -0.3 is 14.9 Å². The van der Waals surface area contributed by atoms with Crippen LogP contribution in [-0.2, 0) is 0 Å². The van der Waals surface area contributed by atoms with Gasteiger partial charge in [0, 0.05) is 26.2 Å². The van der Waals surface area contributed by atoms with E-state index in [1.807, 2.05) is 6.07 Å². The number of amides is 2. The van der Waals surface area contributed by atoms with E-state index in [9.17, 15) is 9.59 Å². The molecule has 1 fully saturated rings. The number of nitrogens with zero attached hydrogens (tertiary/aromatic N) is 5. The summed E-state index contributed by atoms with van der Waals surface area (Å²) in [5.41, 5.74) is 0.315. The van der Waals surface area contributed by atoms with E-state index in [2.05, 4.69) is 5.10 Å². The number of carbonyl (C=O) groups excluding carboxylic acids is 1. The molecule has 1 aromatic heterocycles. The molecule has 100 valence electrons. The van der Waals surface area contributed by atoms with Gasteiger partial charge in [0.25, 0.3) is 0 Å². The zero-order chi connectivity index (χ0) is 13.8. The largest absolute Gasteiger partial charge is 0.465 e. The van der Waals surface area contributed by atoms with Gasteiger partial charge in [-0.15, -0.1) is 0 Å². The van der Waals surface area contributed by atoms with Crippen molar-refractivity contribution < 1.29 is 14.7 Å². The molecule has 1 aliphatic rings. The number of rotatable bonds is 0. The first-order valence-corrected chi connectivity index (χ1v) is 5.83. The minimum Gasteiger partial charge on any atom is -0.465 e. The Labute approximate surface area is 109 Å². The highest BCUT2D eigenvalue weighted by Crippen LogP contribution is 2.06. The van der Waals surface area contributed by atoms with Gasteiger partial charge >= 0.3 is 12.1 Å². The van der Waals surface area contributed by atoms with E-state index in [-0.39, 0.29) is 12.6 Å². The molecular weight excluding hydrogens is 250 g/mol. The predicted octanol–water partition coefficient (Wildman–Crippen LogP) is 0.409. The fraction of sp³-hybridized carbons (Fsp3) is 0.455. The lowest BCUT2D eigenvalue weighted by atomic mass is 10.4. The van der Waals surface area contributed by atoms with Crippen LogP contribution in [0, 0.1) is 11.3 Å². The second-order valence-electron chi connectivity index (χ2n) is 4.18. The van der Waals surface area contributed by atoms with Crippen LogP contribution in [0.3, 0.4) is 0 Å². The summed E-state index contributed by atoms with van der Waals surface area (Å²) in [6.45, 7) is 1.51. The van der Waals surface area contributed by atoms with Gasteiger partial charge in [-0.3, -0.25) is 0 Å². The Bertz CT molecular complexity index is 533. The summed E-state index contributed by atoms with van der Waals surface area (Å²) in [5, 5.41) is 21.4. The monoisotopic (exact) mass is 263 g/mol. The summed E-state index contributed by atoms with van der Waals surface area (Å²) in [6.07, 6.45) is 2.30. The lowest BCUT2D eigenvalue weighted by Crippen LogP contribution is -2.39. The van der Waals surface area contributed by atoms with E-state index >= 15 is 0 Å². The number of aromatic nitrogens is 2. The van der Waals surface area contributed by atoms with Crippen molar-refractivity contribution in [1.82, 2.24) is 19.6 Å². The van der Waals surface area contributed by atoms with E-state index in [1.165, 1.54) is 22.2 Å². The van der Waals surface area contributed by atoms with Gasteiger partial charge in [-0.2, -0.15) is 15.0 Å². The molecule has 0 aromatic carbocycles. The smallest absolute Gasteiger partial charge is 0.407 e. The summed E-state index contributed by atoms with van der Waals surface area (Å²) >= 11 is 0. The maximum absolute atomic E-state index is 12.1. The van der Waals surface area contributed by atoms with Gasteiger partial charge in [-0.25, -0.2) is 9.59 Å². The van der Waals surface area contributed by atoms with E-state index < -0.39 is 6.09 Å². The van der Waals surface area contributed by atoms with E-state index in [1.54, 1.807) is 0 Å². The molecule has 0 saturated carbocycles. The van der Waals surface area contributed by atoms with Crippen molar-refractivity contribution >= 4 is 12.1 Å². The molecule has 0 radical (unpaired) electrons. The second kappa shape index (κ2) is 5.39. The highest BCUT2D eigenvalue weighted by molar-refractivity contribution is 5.76. The molecule has 8 heteroatoms. The summed E-state index contributed by atoms with van der Waals surface area (Å²) < 4.78 is 1.11. The van der Waals surface area contributed by atoms with Crippen molar-refractivity contribution in [3.63, 3.8) is 0 Å². The van der Waals surface area contributed by atoms with Crippen LogP contribution in [0.1, 0.15) is 12.0 Å². The second-order valence-corrected chi connectivity index (χ2v) is 4.18. The number of hydrogen-bond donors (Lipinski definition) is 1. The standard InChI is InChI=1S/C11H13N5O3/c12-6-9-7-13-16(8-9)10(17)14-2-1-3-15(5-4-14)11(18)19/h7-8H,1-5H2,(H,18,19). The van der Waals surface area contributed by atoms with Crippen LogP contribution in [0.5, 0.6) is 0 Å². The maximum Gasteiger partial charge on any atom is 0.407 e. The number of hydrogen-bond acceptors (Lipinski definition) is 4. The molecular formula is C11H13N5O3. The molecule has 0 unspecified atom stereocenters. The molecule has 1 saturated heterocycles. The zero-order valence-electron chi connectivity index (χ0n) is 10.2. The third-order valence-electron chi connectivity index (χ3n) is 2.94. The van der Waals surface area contributed by atoms with Crippen molar-refractivity contribution in [1.29, 1.82) is 5.26 Å². The zero-order valence-corrected chi connectivity index (χ0v) is 10.2. The first-order chi connectivity index (χ1) is 9.11. The van der Waals surface area contributed by atoms with E-state index in [4.69, 9.17) is 10.4 Å². The molecule has 8 nitrogen and oxygen atoms in total. The molecule has 2 amide bonds. The Hall–Kier alpha value is -2.56. The van der Waals surface area contributed by atoms with Gasteiger partial charge in [0.05, 0.1) is 18.0 Å². The lowest BCUT2D eigenvalue weighted by Gasteiger charge is -2.20.